The molecule has 0 amide bonds. The largest absolute Gasteiger partial charge is 0.374 e. The highest BCUT2D eigenvalue weighted by atomic mass is 16.5. The lowest BCUT2D eigenvalue weighted by molar-refractivity contribution is -0.0275. The van der Waals surface area contributed by atoms with Crippen LogP contribution in [0.25, 0.3) is 0 Å². The van der Waals surface area contributed by atoms with Gasteiger partial charge < -0.3 is 10.1 Å². The summed E-state index contributed by atoms with van der Waals surface area (Å²) in [7, 11) is 0. The molecular formula is C11H24N2O. The van der Waals surface area contributed by atoms with Crippen molar-refractivity contribution in [3.05, 3.63) is 0 Å². The molecule has 3 heteroatoms. The summed E-state index contributed by atoms with van der Waals surface area (Å²) in [6, 6.07) is 0. The van der Waals surface area contributed by atoms with E-state index in [-0.39, 0.29) is 5.54 Å². The lowest BCUT2D eigenvalue weighted by Gasteiger charge is -2.34. The predicted molar refractivity (Wildman–Crippen MR) is 59.6 cm³/mol. The van der Waals surface area contributed by atoms with Crippen molar-refractivity contribution in [2.24, 2.45) is 0 Å². The normalized spacial score (nSPS) is 25.3. The maximum Gasteiger partial charge on any atom is 0.0826 e. The lowest BCUT2D eigenvalue weighted by Crippen LogP contribution is -2.49. The highest BCUT2D eigenvalue weighted by Crippen LogP contribution is 2.06. The number of rotatable bonds is 3. The van der Waals surface area contributed by atoms with Gasteiger partial charge in [-0.05, 0) is 27.3 Å². The minimum absolute atomic E-state index is 0.192. The molecule has 1 fully saturated rings. The van der Waals surface area contributed by atoms with Crippen LogP contribution in [0.4, 0.5) is 0 Å². The molecule has 1 N–H and O–H groups in total. The summed E-state index contributed by atoms with van der Waals surface area (Å²) in [4.78, 5) is 2.44. The van der Waals surface area contributed by atoms with Gasteiger partial charge in [-0.2, -0.15) is 0 Å². The van der Waals surface area contributed by atoms with E-state index in [2.05, 4.69) is 37.9 Å². The Morgan fingerprint density at radius 1 is 1.43 bits per heavy atom. The van der Waals surface area contributed by atoms with E-state index in [1.54, 1.807) is 0 Å². The fourth-order valence-electron chi connectivity index (χ4n) is 1.61. The van der Waals surface area contributed by atoms with Crippen molar-refractivity contribution in [2.45, 2.75) is 39.3 Å². The number of morpholine rings is 1. The van der Waals surface area contributed by atoms with Crippen LogP contribution in [0.1, 0.15) is 27.7 Å². The lowest BCUT2D eigenvalue weighted by atomic mass is 10.1. The van der Waals surface area contributed by atoms with E-state index in [1.165, 1.54) is 0 Å². The van der Waals surface area contributed by atoms with E-state index in [4.69, 9.17) is 4.74 Å². The second-order valence-corrected chi connectivity index (χ2v) is 5.02. The van der Waals surface area contributed by atoms with Gasteiger partial charge in [0.15, 0.2) is 0 Å². The van der Waals surface area contributed by atoms with Gasteiger partial charge in [-0.3, -0.25) is 4.90 Å². The Morgan fingerprint density at radius 2 is 2.14 bits per heavy atom. The zero-order valence-electron chi connectivity index (χ0n) is 9.97. The number of likely N-dealkylation sites (N-methyl/N-ethyl adjacent to an activating group) is 1. The topological polar surface area (TPSA) is 24.5 Å². The molecule has 1 aliphatic rings. The summed E-state index contributed by atoms with van der Waals surface area (Å²) in [5.74, 6) is 0. The molecule has 0 aromatic carbocycles. The standard InChI is InChI=1S/C11H24N2O/c1-5-13-6-7-14-10(9-13)8-12-11(2,3)4/h10,12H,5-9H2,1-4H3. The van der Waals surface area contributed by atoms with Crippen molar-refractivity contribution in [3.8, 4) is 0 Å². The summed E-state index contributed by atoms with van der Waals surface area (Å²) in [5.41, 5.74) is 0.192. The van der Waals surface area contributed by atoms with E-state index < -0.39 is 0 Å². The van der Waals surface area contributed by atoms with Crippen LogP contribution < -0.4 is 5.32 Å². The molecule has 1 atom stereocenters. The van der Waals surface area contributed by atoms with Crippen LogP contribution >= 0.6 is 0 Å². The second kappa shape index (κ2) is 5.10. The summed E-state index contributed by atoms with van der Waals surface area (Å²) in [6.07, 6.45) is 0.364. The maximum absolute atomic E-state index is 5.70. The molecule has 1 unspecified atom stereocenters. The van der Waals surface area contributed by atoms with Crippen molar-refractivity contribution in [2.75, 3.05) is 32.8 Å². The number of nitrogens with zero attached hydrogens (tertiary/aromatic N) is 1. The van der Waals surface area contributed by atoms with Gasteiger partial charge in [0.1, 0.15) is 0 Å². The molecule has 0 saturated carbocycles. The minimum Gasteiger partial charge on any atom is -0.374 e. The average molecular weight is 200 g/mol. The Kier molecular flexibility index (Phi) is 4.35. The first-order chi connectivity index (χ1) is 6.51. The number of nitrogens with one attached hydrogen (secondary N) is 1. The molecule has 0 aliphatic carbocycles. The highest BCUT2D eigenvalue weighted by molar-refractivity contribution is 4.77. The van der Waals surface area contributed by atoms with Crippen molar-refractivity contribution in [1.82, 2.24) is 10.2 Å². The predicted octanol–water partition coefficient (Wildman–Crippen LogP) is 1.10. The first-order valence-electron chi connectivity index (χ1n) is 5.60. The van der Waals surface area contributed by atoms with Crippen molar-refractivity contribution >= 4 is 0 Å². The first-order valence-corrected chi connectivity index (χ1v) is 5.60. The summed E-state index contributed by atoms with van der Waals surface area (Å²) >= 11 is 0. The molecule has 3 nitrogen and oxygen atoms in total. The molecule has 1 heterocycles. The molecule has 0 aromatic rings. The zero-order chi connectivity index (χ0) is 10.6. The van der Waals surface area contributed by atoms with Gasteiger partial charge in [-0.1, -0.05) is 6.92 Å². The Labute approximate surface area is 87.8 Å². The summed E-state index contributed by atoms with van der Waals surface area (Å²) in [5, 5.41) is 3.48. The summed E-state index contributed by atoms with van der Waals surface area (Å²) in [6.45, 7) is 13.9. The van der Waals surface area contributed by atoms with Gasteiger partial charge in [0.05, 0.1) is 12.7 Å². The van der Waals surface area contributed by atoms with Gasteiger partial charge in [-0.25, -0.2) is 0 Å². The Hall–Kier alpha value is -0.120. The molecule has 0 bridgehead atoms. The summed E-state index contributed by atoms with van der Waals surface area (Å²) < 4.78 is 5.70. The third-order valence-electron chi connectivity index (χ3n) is 2.53. The van der Waals surface area contributed by atoms with E-state index >= 15 is 0 Å². The zero-order valence-corrected chi connectivity index (χ0v) is 9.97. The van der Waals surface area contributed by atoms with E-state index in [1.807, 2.05) is 0 Å². The van der Waals surface area contributed by atoms with Crippen molar-refractivity contribution in [3.63, 3.8) is 0 Å². The number of hydrogen-bond donors (Lipinski definition) is 1. The molecule has 84 valence electrons. The van der Waals surface area contributed by atoms with Crippen molar-refractivity contribution < 1.29 is 4.74 Å². The SMILES string of the molecule is CCN1CCOC(CNC(C)(C)C)C1. The van der Waals surface area contributed by atoms with Crippen LogP contribution in [0.3, 0.4) is 0 Å². The number of ether oxygens (including phenoxy) is 1. The highest BCUT2D eigenvalue weighted by Gasteiger charge is 2.20. The van der Waals surface area contributed by atoms with Gasteiger partial charge >= 0.3 is 0 Å². The minimum atomic E-state index is 0.192. The van der Waals surface area contributed by atoms with E-state index in [0.717, 1.165) is 32.8 Å². The maximum atomic E-state index is 5.70. The van der Waals surface area contributed by atoms with Gasteiger partial charge in [0.25, 0.3) is 0 Å². The quantitative estimate of drug-likeness (QED) is 0.738. The van der Waals surface area contributed by atoms with Crippen LogP contribution in [0.2, 0.25) is 0 Å². The molecule has 14 heavy (non-hydrogen) atoms. The molecule has 0 aromatic heterocycles. The van der Waals surface area contributed by atoms with Gasteiger partial charge in [-0.15, -0.1) is 0 Å². The smallest absolute Gasteiger partial charge is 0.0826 e. The van der Waals surface area contributed by atoms with Crippen molar-refractivity contribution in [1.29, 1.82) is 0 Å². The molecule has 0 spiro atoms. The van der Waals surface area contributed by atoms with Crippen LogP contribution in [0.15, 0.2) is 0 Å². The first kappa shape index (κ1) is 12.0. The fraction of sp³-hybridized carbons (Fsp3) is 1.00. The van der Waals surface area contributed by atoms with Crippen LogP contribution in [0, 0.1) is 0 Å². The second-order valence-electron chi connectivity index (χ2n) is 5.02. The van der Waals surface area contributed by atoms with Crippen LogP contribution in [-0.4, -0.2) is 49.3 Å². The average Bonchev–Trinajstić information content (AvgIpc) is 2.14. The van der Waals surface area contributed by atoms with Crippen LogP contribution in [-0.2, 0) is 4.74 Å². The molecule has 1 saturated heterocycles. The van der Waals surface area contributed by atoms with Gasteiger partial charge in [0.2, 0.25) is 0 Å². The monoisotopic (exact) mass is 200 g/mol. The number of hydrogen-bond acceptors (Lipinski definition) is 3. The Bertz CT molecular complexity index is 165. The molecule has 1 aliphatic heterocycles. The van der Waals surface area contributed by atoms with E-state index in [0.29, 0.717) is 6.10 Å². The Morgan fingerprint density at radius 3 is 2.71 bits per heavy atom. The molecular weight excluding hydrogens is 176 g/mol. The fourth-order valence-corrected chi connectivity index (χ4v) is 1.61. The third kappa shape index (κ3) is 4.40. The van der Waals surface area contributed by atoms with Gasteiger partial charge in [0, 0.05) is 25.2 Å². The van der Waals surface area contributed by atoms with E-state index in [9.17, 15) is 0 Å². The molecule has 1 rings (SSSR count). The van der Waals surface area contributed by atoms with Crippen LogP contribution in [0.5, 0.6) is 0 Å². The molecule has 0 radical (unpaired) electrons. The Balaban J connectivity index is 2.24. The third-order valence-corrected chi connectivity index (χ3v) is 2.53.